The van der Waals surface area contributed by atoms with Crippen molar-refractivity contribution < 1.29 is 8.94 Å². The van der Waals surface area contributed by atoms with E-state index in [2.05, 4.69) is 10.5 Å². The number of rotatable bonds is 4. The van der Waals surface area contributed by atoms with Gasteiger partial charge in [0.2, 0.25) is 0 Å². The van der Waals surface area contributed by atoms with Crippen LogP contribution in [0.25, 0.3) is 0 Å². The van der Waals surface area contributed by atoms with Gasteiger partial charge in [-0.3, -0.25) is 0 Å². The Kier molecular flexibility index (Phi) is 3.08. The molecule has 5 heteroatoms. The smallest absolute Gasteiger partial charge is 0.193 e. The fourth-order valence-electron chi connectivity index (χ4n) is 1.26. The molecule has 4 nitrogen and oxygen atoms in total. The fourth-order valence-corrected chi connectivity index (χ4v) is 1.42. The third kappa shape index (κ3) is 2.84. The van der Waals surface area contributed by atoms with Crippen molar-refractivity contribution >= 4 is 11.6 Å². The third-order valence-electron chi connectivity index (χ3n) is 1.90. The highest BCUT2D eigenvalue weighted by Gasteiger charge is 2.02. The molecule has 0 fully saturated rings. The van der Waals surface area contributed by atoms with Crippen LogP contribution in [0.4, 0.5) is 0 Å². The Balaban J connectivity index is 1.80. The normalized spacial score (nSPS) is 10.8. The van der Waals surface area contributed by atoms with Crippen LogP contribution in [0.2, 0.25) is 5.22 Å². The van der Waals surface area contributed by atoms with E-state index in [1.807, 2.05) is 19.1 Å². The van der Waals surface area contributed by atoms with E-state index in [1.54, 1.807) is 6.07 Å². The highest BCUT2D eigenvalue weighted by Crippen LogP contribution is 2.12. The molecule has 0 unspecified atom stereocenters. The molecule has 2 aromatic heterocycles. The summed E-state index contributed by atoms with van der Waals surface area (Å²) in [5.74, 6) is 1.61. The molecule has 0 aromatic carbocycles. The summed E-state index contributed by atoms with van der Waals surface area (Å²) in [5.41, 5.74) is 0.882. The van der Waals surface area contributed by atoms with E-state index in [1.165, 1.54) is 0 Å². The maximum Gasteiger partial charge on any atom is 0.193 e. The molecule has 0 spiro atoms. The van der Waals surface area contributed by atoms with Gasteiger partial charge in [0, 0.05) is 6.07 Å². The summed E-state index contributed by atoms with van der Waals surface area (Å²) < 4.78 is 10.2. The molecule has 1 N–H and O–H groups in total. The quantitative estimate of drug-likeness (QED) is 0.871. The summed E-state index contributed by atoms with van der Waals surface area (Å²) in [7, 11) is 0. The summed E-state index contributed by atoms with van der Waals surface area (Å²) >= 11 is 5.64. The maximum atomic E-state index is 5.64. The van der Waals surface area contributed by atoms with Gasteiger partial charge in [-0.2, -0.15) is 0 Å². The van der Waals surface area contributed by atoms with Crippen LogP contribution in [0, 0.1) is 6.92 Å². The van der Waals surface area contributed by atoms with Gasteiger partial charge in [-0.25, -0.2) is 0 Å². The van der Waals surface area contributed by atoms with E-state index in [4.69, 9.17) is 20.5 Å². The average Bonchev–Trinajstić information content (AvgIpc) is 2.76. The summed E-state index contributed by atoms with van der Waals surface area (Å²) in [4.78, 5) is 0. The number of hydrogen-bond donors (Lipinski definition) is 1. The molecule has 0 atom stereocenters. The maximum absolute atomic E-state index is 5.64. The van der Waals surface area contributed by atoms with Gasteiger partial charge in [-0.15, -0.1) is 0 Å². The van der Waals surface area contributed by atoms with E-state index in [9.17, 15) is 0 Å². The standard InChI is InChI=1S/C10H11ClN2O2/c1-7-4-9(15-13-7)6-12-5-8-2-3-10(11)14-8/h2-4,12H,5-6H2,1H3. The van der Waals surface area contributed by atoms with Gasteiger partial charge in [-0.1, -0.05) is 5.16 Å². The Labute approximate surface area is 92.2 Å². The van der Waals surface area contributed by atoms with E-state index < -0.39 is 0 Å². The van der Waals surface area contributed by atoms with Gasteiger partial charge in [0.1, 0.15) is 5.76 Å². The van der Waals surface area contributed by atoms with E-state index in [0.29, 0.717) is 18.3 Å². The van der Waals surface area contributed by atoms with Crippen LogP contribution in [0.15, 0.2) is 27.1 Å². The molecule has 15 heavy (non-hydrogen) atoms. The lowest BCUT2D eigenvalue weighted by Gasteiger charge is -1.97. The minimum atomic E-state index is 0.405. The fraction of sp³-hybridized carbons (Fsp3) is 0.300. The number of nitrogens with zero attached hydrogens (tertiary/aromatic N) is 1. The Bertz CT molecular complexity index is 396. The summed E-state index contributed by atoms with van der Waals surface area (Å²) in [6.45, 7) is 3.13. The van der Waals surface area contributed by atoms with Gasteiger partial charge < -0.3 is 14.3 Å². The topological polar surface area (TPSA) is 51.2 Å². The van der Waals surface area contributed by atoms with Crippen LogP contribution in [-0.4, -0.2) is 5.16 Å². The van der Waals surface area contributed by atoms with E-state index in [-0.39, 0.29) is 0 Å². The second kappa shape index (κ2) is 4.51. The molecule has 0 amide bonds. The van der Waals surface area contributed by atoms with Crippen LogP contribution in [0.5, 0.6) is 0 Å². The molecular formula is C10H11ClN2O2. The van der Waals surface area contributed by atoms with Gasteiger partial charge in [0.15, 0.2) is 11.0 Å². The summed E-state index contributed by atoms with van der Waals surface area (Å²) in [5, 5.41) is 7.35. The Hall–Kier alpha value is -1.26. The predicted octanol–water partition coefficient (Wildman–Crippen LogP) is 2.52. The van der Waals surface area contributed by atoms with Crippen molar-refractivity contribution in [2.45, 2.75) is 20.0 Å². The summed E-state index contributed by atoms with van der Waals surface area (Å²) in [6, 6.07) is 5.44. The molecule has 2 aromatic rings. The van der Waals surface area contributed by atoms with E-state index in [0.717, 1.165) is 17.2 Å². The van der Waals surface area contributed by atoms with Crippen LogP contribution in [0.3, 0.4) is 0 Å². The van der Waals surface area contributed by atoms with Crippen LogP contribution in [-0.2, 0) is 13.1 Å². The molecule has 80 valence electrons. The number of hydrogen-bond acceptors (Lipinski definition) is 4. The Morgan fingerprint density at radius 1 is 1.33 bits per heavy atom. The third-order valence-corrected chi connectivity index (χ3v) is 2.11. The first-order chi connectivity index (χ1) is 7.24. The minimum Gasteiger partial charge on any atom is -0.448 e. The van der Waals surface area contributed by atoms with Crippen molar-refractivity contribution in [2.24, 2.45) is 0 Å². The van der Waals surface area contributed by atoms with Crippen molar-refractivity contribution in [2.75, 3.05) is 0 Å². The minimum absolute atomic E-state index is 0.405. The highest BCUT2D eigenvalue weighted by molar-refractivity contribution is 6.28. The number of halogens is 1. The zero-order valence-corrected chi connectivity index (χ0v) is 9.04. The molecule has 0 bridgehead atoms. The number of aromatic nitrogens is 1. The summed E-state index contributed by atoms with van der Waals surface area (Å²) in [6.07, 6.45) is 0. The largest absolute Gasteiger partial charge is 0.448 e. The second-order valence-electron chi connectivity index (χ2n) is 3.24. The van der Waals surface area contributed by atoms with E-state index >= 15 is 0 Å². The van der Waals surface area contributed by atoms with Crippen LogP contribution >= 0.6 is 11.6 Å². The molecule has 2 rings (SSSR count). The predicted molar refractivity (Wildman–Crippen MR) is 55.5 cm³/mol. The first-order valence-corrected chi connectivity index (χ1v) is 4.99. The van der Waals surface area contributed by atoms with Crippen molar-refractivity contribution in [1.82, 2.24) is 10.5 Å². The molecule has 0 aliphatic carbocycles. The zero-order chi connectivity index (χ0) is 10.7. The SMILES string of the molecule is Cc1cc(CNCc2ccc(Cl)o2)on1. The number of furan rings is 1. The van der Waals surface area contributed by atoms with Gasteiger partial charge in [-0.05, 0) is 30.7 Å². The molecule has 2 heterocycles. The van der Waals surface area contributed by atoms with Gasteiger partial charge in [0.05, 0.1) is 18.8 Å². The molecular weight excluding hydrogens is 216 g/mol. The second-order valence-corrected chi connectivity index (χ2v) is 3.62. The lowest BCUT2D eigenvalue weighted by Crippen LogP contribution is -2.11. The lowest BCUT2D eigenvalue weighted by atomic mass is 10.4. The average molecular weight is 227 g/mol. The zero-order valence-electron chi connectivity index (χ0n) is 8.29. The lowest BCUT2D eigenvalue weighted by molar-refractivity contribution is 0.365. The molecule has 0 radical (unpaired) electrons. The first-order valence-electron chi connectivity index (χ1n) is 4.61. The van der Waals surface area contributed by atoms with Crippen molar-refractivity contribution in [1.29, 1.82) is 0 Å². The van der Waals surface area contributed by atoms with Crippen molar-refractivity contribution in [3.8, 4) is 0 Å². The Morgan fingerprint density at radius 2 is 2.13 bits per heavy atom. The Morgan fingerprint density at radius 3 is 2.73 bits per heavy atom. The molecule has 0 aliphatic rings. The van der Waals surface area contributed by atoms with Gasteiger partial charge in [0.25, 0.3) is 0 Å². The van der Waals surface area contributed by atoms with Crippen molar-refractivity contribution in [3.63, 3.8) is 0 Å². The molecule has 0 saturated carbocycles. The van der Waals surface area contributed by atoms with Crippen molar-refractivity contribution in [3.05, 3.63) is 40.6 Å². The van der Waals surface area contributed by atoms with Crippen LogP contribution in [0.1, 0.15) is 17.2 Å². The number of nitrogens with one attached hydrogen (secondary N) is 1. The van der Waals surface area contributed by atoms with Gasteiger partial charge >= 0.3 is 0 Å². The van der Waals surface area contributed by atoms with Crippen LogP contribution < -0.4 is 5.32 Å². The first kappa shape index (κ1) is 10.3. The highest BCUT2D eigenvalue weighted by atomic mass is 35.5. The number of aryl methyl sites for hydroxylation is 1. The monoisotopic (exact) mass is 226 g/mol. The molecule has 0 aliphatic heterocycles. The molecule has 0 saturated heterocycles.